The van der Waals surface area contributed by atoms with Gasteiger partial charge in [-0.25, -0.2) is 0 Å². The Labute approximate surface area is 87.1 Å². The average molecular weight is 222 g/mol. The molecule has 5 heteroatoms. The second-order valence-electron chi connectivity index (χ2n) is 2.97. The van der Waals surface area contributed by atoms with Crippen LogP contribution in [0, 0.1) is 0 Å². The lowest BCUT2D eigenvalue weighted by Crippen LogP contribution is -2.27. The molecule has 14 heavy (non-hydrogen) atoms. The normalized spacial score (nSPS) is 14.8. The molecule has 2 unspecified atom stereocenters. The average Bonchev–Trinajstić information content (AvgIpc) is 2.21. The molecule has 0 aliphatic heterocycles. The molecule has 0 heterocycles. The molecule has 4 nitrogen and oxygen atoms in total. The van der Waals surface area contributed by atoms with E-state index in [0.29, 0.717) is 18.8 Å². The molecule has 0 saturated carbocycles. The fourth-order valence-electron chi connectivity index (χ4n) is 0.811. The van der Waals surface area contributed by atoms with Crippen molar-refractivity contribution in [3.8, 4) is 0 Å². The number of esters is 1. The van der Waals surface area contributed by atoms with Crippen molar-refractivity contribution in [3.63, 3.8) is 0 Å². The number of ether oxygens (including phenoxy) is 1. The molecular formula is C9H18O4S. The van der Waals surface area contributed by atoms with Gasteiger partial charge in [-0.1, -0.05) is 6.92 Å². The molecule has 0 aliphatic carbocycles. The highest BCUT2D eigenvalue weighted by atomic mass is 32.2. The van der Waals surface area contributed by atoms with Crippen LogP contribution in [0.4, 0.5) is 0 Å². The predicted molar refractivity (Wildman–Crippen MR) is 55.4 cm³/mol. The van der Waals surface area contributed by atoms with Crippen LogP contribution in [-0.4, -0.2) is 39.5 Å². The SMILES string of the molecule is CCCOC(=O)C(C)S(=O)CCCO. The van der Waals surface area contributed by atoms with Gasteiger partial charge in [0.15, 0.2) is 0 Å². The van der Waals surface area contributed by atoms with Crippen molar-refractivity contribution in [2.45, 2.75) is 31.9 Å². The van der Waals surface area contributed by atoms with E-state index in [-0.39, 0.29) is 6.61 Å². The van der Waals surface area contributed by atoms with Gasteiger partial charge in [0.2, 0.25) is 0 Å². The van der Waals surface area contributed by atoms with E-state index in [1.165, 1.54) is 0 Å². The molecule has 2 atom stereocenters. The first kappa shape index (κ1) is 13.6. The highest BCUT2D eigenvalue weighted by molar-refractivity contribution is 7.86. The number of hydrogen-bond donors (Lipinski definition) is 1. The van der Waals surface area contributed by atoms with Crippen LogP contribution in [0.5, 0.6) is 0 Å². The second-order valence-corrected chi connectivity index (χ2v) is 4.85. The van der Waals surface area contributed by atoms with Crippen LogP contribution in [0.25, 0.3) is 0 Å². The van der Waals surface area contributed by atoms with Crippen molar-refractivity contribution in [1.29, 1.82) is 0 Å². The number of aliphatic hydroxyl groups excluding tert-OH is 1. The Hall–Kier alpha value is -0.420. The zero-order valence-electron chi connectivity index (χ0n) is 8.69. The third-order valence-electron chi connectivity index (χ3n) is 1.68. The first-order valence-corrected chi connectivity index (χ1v) is 6.16. The Kier molecular flexibility index (Phi) is 7.70. The van der Waals surface area contributed by atoms with E-state index in [1.54, 1.807) is 6.92 Å². The standard InChI is InChI=1S/C9H18O4S/c1-3-6-13-9(11)8(2)14(12)7-4-5-10/h8,10H,3-7H2,1-2H3. The van der Waals surface area contributed by atoms with Crippen molar-refractivity contribution in [1.82, 2.24) is 0 Å². The van der Waals surface area contributed by atoms with E-state index in [0.717, 1.165) is 6.42 Å². The number of aliphatic hydroxyl groups is 1. The summed E-state index contributed by atoms with van der Waals surface area (Å²) in [5.74, 6) is -0.0677. The topological polar surface area (TPSA) is 63.6 Å². The van der Waals surface area contributed by atoms with Gasteiger partial charge in [-0.3, -0.25) is 9.00 Å². The van der Waals surface area contributed by atoms with E-state index >= 15 is 0 Å². The van der Waals surface area contributed by atoms with Gasteiger partial charge in [-0.2, -0.15) is 0 Å². The van der Waals surface area contributed by atoms with Crippen LogP contribution in [0.2, 0.25) is 0 Å². The first-order valence-electron chi connectivity index (χ1n) is 4.78. The van der Waals surface area contributed by atoms with Crippen molar-refractivity contribution < 1.29 is 18.8 Å². The van der Waals surface area contributed by atoms with Crippen LogP contribution < -0.4 is 0 Å². The quantitative estimate of drug-likeness (QED) is 0.636. The van der Waals surface area contributed by atoms with Crippen molar-refractivity contribution >= 4 is 16.8 Å². The van der Waals surface area contributed by atoms with Gasteiger partial charge in [0.25, 0.3) is 0 Å². The highest BCUT2D eigenvalue weighted by Gasteiger charge is 2.20. The maximum absolute atomic E-state index is 11.4. The second kappa shape index (κ2) is 7.94. The summed E-state index contributed by atoms with van der Waals surface area (Å²) in [5.41, 5.74) is 0. The van der Waals surface area contributed by atoms with Crippen LogP contribution >= 0.6 is 0 Å². The van der Waals surface area contributed by atoms with Crippen molar-refractivity contribution in [3.05, 3.63) is 0 Å². The van der Waals surface area contributed by atoms with Gasteiger partial charge in [0, 0.05) is 23.2 Å². The van der Waals surface area contributed by atoms with E-state index in [2.05, 4.69) is 0 Å². The fraction of sp³-hybridized carbons (Fsp3) is 0.889. The Morgan fingerprint density at radius 1 is 1.57 bits per heavy atom. The fourth-order valence-corrected chi connectivity index (χ4v) is 1.86. The minimum absolute atomic E-state index is 0.00245. The molecule has 0 bridgehead atoms. The lowest BCUT2D eigenvalue weighted by Gasteiger charge is -2.10. The molecule has 0 radical (unpaired) electrons. The zero-order chi connectivity index (χ0) is 11.0. The summed E-state index contributed by atoms with van der Waals surface area (Å²) >= 11 is 0. The summed E-state index contributed by atoms with van der Waals surface area (Å²) in [6.45, 7) is 3.87. The molecule has 0 fully saturated rings. The van der Waals surface area contributed by atoms with Crippen LogP contribution in [0.3, 0.4) is 0 Å². The van der Waals surface area contributed by atoms with E-state index in [9.17, 15) is 9.00 Å². The Balaban J connectivity index is 3.85. The largest absolute Gasteiger partial charge is 0.465 e. The lowest BCUT2D eigenvalue weighted by molar-refractivity contribution is -0.142. The van der Waals surface area contributed by atoms with Crippen LogP contribution in [0.1, 0.15) is 26.7 Å². The molecule has 0 aliphatic rings. The van der Waals surface area contributed by atoms with Crippen molar-refractivity contribution in [2.75, 3.05) is 19.0 Å². The molecule has 0 spiro atoms. The van der Waals surface area contributed by atoms with Gasteiger partial charge in [-0.15, -0.1) is 0 Å². The molecule has 0 saturated heterocycles. The van der Waals surface area contributed by atoms with Crippen LogP contribution in [-0.2, 0) is 20.3 Å². The molecule has 0 aromatic rings. The summed E-state index contributed by atoms with van der Waals surface area (Å²) in [5, 5.41) is 7.94. The summed E-state index contributed by atoms with van der Waals surface area (Å²) in [4.78, 5) is 11.2. The molecule has 1 N–H and O–H groups in total. The predicted octanol–water partition coefficient (Wildman–Crippen LogP) is 0.459. The summed E-state index contributed by atoms with van der Waals surface area (Å²) in [6.07, 6.45) is 1.22. The Morgan fingerprint density at radius 2 is 2.21 bits per heavy atom. The third kappa shape index (κ3) is 5.34. The third-order valence-corrected chi connectivity index (χ3v) is 3.35. The summed E-state index contributed by atoms with van der Waals surface area (Å²) < 4.78 is 16.3. The summed E-state index contributed by atoms with van der Waals surface area (Å²) in [7, 11) is -1.23. The van der Waals surface area contributed by atoms with E-state index in [4.69, 9.17) is 9.84 Å². The molecule has 0 aromatic heterocycles. The molecule has 0 amide bonds. The number of carbonyl (C=O) groups is 1. The lowest BCUT2D eigenvalue weighted by atomic mass is 10.5. The van der Waals surface area contributed by atoms with Gasteiger partial charge >= 0.3 is 5.97 Å². The number of rotatable bonds is 7. The first-order chi connectivity index (χ1) is 6.63. The van der Waals surface area contributed by atoms with Gasteiger partial charge < -0.3 is 9.84 Å². The maximum atomic E-state index is 11.4. The number of carbonyl (C=O) groups excluding carboxylic acids is 1. The molecule has 0 aromatic carbocycles. The minimum Gasteiger partial charge on any atom is -0.465 e. The zero-order valence-corrected chi connectivity index (χ0v) is 9.51. The van der Waals surface area contributed by atoms with E-state index < -0.39 is 22.0 Å². The summed E-state index contributed by atoms with van der Waals surface area (Å²) in [6, 6.07) is 0. The molecule has 84 valence electrons. The van der Waals surface area contributed by atoms with Gasteiger partial charge in [-0.05, 0) is 19.8 Å². The molecular weight excluding hydrogens is 204 g/mol. The molecule has 0 rings (SSSR count). The monoisotopic (exact) mass is 222 g/mol. The van der Waals surface area contributed by atoms with Crippen LogP contribution in [0.15, 0.2) is 0 Å². The Morgan fingerprint density at radius 3 is 2.71 bits per heavy atom. The van der Waals surface area contributed by atoms with E-state index in [1.807, 2.05) is 6.92 Å². The Bertz CT molecular complexity index is 173. The van der Waals surface area contributed by atoms with Gasteiger partial charge in [0.05, 0.1) is 6.61 Å². The smallest absolute Gasteiger partial charge is 0.321 e. The maximum Gasteiger partial charge on any atom is 0.321 e. The van der Waals surface area contributed by atoms with Gasteiger partial charge in [0.1, 0.15) is 5.25 Å². The minimum atomic E-state index is -1.23. The van der Waals surface area contributed by atoms with Crippen molar-refractivity contribution in [2.24, 2.45) is 0 Å². The number of hydrogen-bond acceptors (Lipinski definition) is 4. The highest BCUT2D eigenvalue weighted by Crippen LogP contribution is 2.01.